The average Bonchev–Trinajstić information content (AvgIpc) is 2.97. The van der Waals surface area contributed by atoms with Crippen LogP contribution in [0.3, 0.4) is 0 Å². The van der Waals surface area contributed by atoms with E-state index < -0.39 is 33.4 Å². The second-order valence-corrected chi connectivity index (χ2v) is 11.8. The van der Waals surface area contributed by atoms with E-state index in [1.165, 1.54) is 41.3 Å². The molecule has 0 fully saturated rings. The number of benzene rings is 3. The van der Waals surface area contributed by atoms with Crippen molar-refractivity contribution >= 4 is 44.8 Å². The number of hydrogen-bond acceptors (Lipinski definition) is 6. The van der Waals surface area contributed by atoms with Crippen LogP contribution in [-0.4, -0.2) is 48.7 Å². The van der Waals surface area contributed by atoms with Gasteiger partial charge in [0, 0.05) is 29.7 Å². The van der Waals surface area contributed by atoms with Gasteiger partial charge in [0.05, 0.1) is 15.5 Å². The molecule has 0 spiro atoms. The first-order chi connectivity index (χ1) is 19.5. The van der Waals surface area contributed by atoms with E-state index in [1.807, 2.05) is 13.8 Å². The van der Waals surface area contributed by atoms with Crippen molar-refractivity contribution in [3.63, 3.8) is 0 Å². The summed E-state index contributed by atoms with van der Waals surface area (Å²) in [5.41, 5.74) is 0.538. The fraction of sp³-hybridized carbons (Fsp3) is 0.310. The Morgan fingerprint density at radius 1 is 0.951 bits per heavy atom. The van der Waals surface area contributed by atoms with Gasteiger partial charge in [-0.3, -0.25) is 24.0 Å². The monoisotopic (exact) mass is 600 g/mol. The Balaban J connectivity index is 2.06. The lowest BCUT2D eigenvalue weighted by Gasteiger charge is -2.33. The first-order valence-corrected chi connectivity index (χ1v) is 15.0. The number of carbonyl (C=O) groups is 2. The molecule has 3 aromatic rings. The number of rotatable bonds is 13. The van der Waals surface area contributed by atoms with Crippen molar-refractivity contribution in [1.29, 1.82) is 0 Å². The maximum absolute atomic E-state index is 14.0. The standard InChI is InChI=1S/C29H33ClN4O6S/c1-4-21(3)31-29(36)27(5-2)32(19-22-11-13-23(30)14-12-22)28(35)20-33(24-15-17-25(18-16-24)34(37)38)41(39,40)26-9-7-6-8-10-26/h6-18,21,27H,4-5,19-20H2,1-3H3,(H,31,36)/t21-,27-/m1/s1. The molecule has 0 aromatic heterocycles. The summed E-state index contributed by atoms with van der Waals surface area (Å²) in [6.07, 6.45) is 0.973. The van der Waals surface area contributed by atoms with Crippen molar-refractivity contribution in [2.24, 2.45) is 0 Å². The van der Waals surface area contributed by atoms with Crippen LogP contribution in [0.2, 0.25) is 5.02 Å². The molecule has 0 heterocycles. The zero-order chi connectivity index (χ0) is 30.2. The van der Waals surface area contributed by atoms with Crippen LogP contribution in [0.25, 0.3) is 0 Å². The maximum atomic E-state index is 14.0. The lowest BCUT2D eigenvalue weighted by molar-refractivity contribution is -0.384. The molecule has 0 aliphatic rings. The van der Waals surface area contributed by atoms with Gasteiger partial charge >= 0.3 is 0 Å². The van der Waals surface area contributed by atoms with Crippen molar-refractivity contribution in [3.05, 3.63) is 99.6 Å². The molecule has 0 unspecified atom stereocenters. The molecule has 0 saturated carbocycles. The van der Waals surface area contributed by atoms with Crippen molar-refractivity contribution < 1.29 is 22.9 Å². The van der Waals surface area contributed by atoms with Crippen molar-refractivity contribution in [3.8, 4) is 0 Å². The van der Waals surface area contributed by atoms with Crippen LogP contribution in [0.1, 0.15) is 39.2 Å². The third-order valence-electron chi connectivity index (χ3n) is 6.61. The fourth-order valence-electron chi connectivity index (χ4n) is 4.14. The molecule has 0 aliphatic heterocycles. The van der Waals surface area contributed by atoms with Crippen LogP contribution >= 0.6 is 11.6 Å². The second kappa shape index (κ2) is 14.1. The van der Waals surface area contributed by atoms with Crippen molar-refractivity contribution in [1.82, 2.24) is 10.2 Å². The molecule has 3 aromatic carbocycles. The number of nitro groups is 1. The molecule has 3 rings (SSSR count). The number of nitrogens with zero attached hydrogens (tertiary/aromatic N) is 3. The molecule has 2 amide bonds. The van der Waals surface area contributed by atoms with Crippen LogP contribution < -0.4 is 9.62 Å². The number of nitrogens with one attached hydrogen (secondary N) is 1. The molecular weight excluding hydrogens is 568 g/mol. The van der Waals surface area contributed by atoms with Crippen LogP contribution in [0.5, 0.6) is 0 Å². The lowest BCUT2D eigenvalue weighted by atomic mass is 10.1. The Bertz CT molecular complexity index is 1450. The second-order valence-electron chi connectivity index (χ2n) is 9.49. The number of non-ortho nitro benzene ring substituents is 1. The Labute approximate surface area is 245 Å². The lowest BCUT2D eigenvalue weighted by Crippen LogP contribution is -2.53. The van der Waals surface area contributed by atoms with Crippen molar-refractivity contribution in [2.45, 2.75) is 57.1 Å². The molecule has 0 bridgehead atoms. The highest BCUT2D eigenvalue weighted by molar-refractivity contribution is 7.92. The highest BCUT2D eigenvalue weighted by atomic mass is 35.5. The molecule has 0 aliphatic carbocycles. The molecule has 2 atom stereocenters. The number of hydrogen-bond donors (Lipinski definition) is 1. The van der Waals surface area contributed by atoms with E-state index >= 15 is 0 Å². The Hall–Kier alpha value is -3.96. The molecular formula is C29H33ClN4O6S. The summed E-state index contributed by atoms with van der Waals surface area (Å²) in [4.78, 5) is 39.2. The summed E-state index contributed by atoms with van der Waals surface area (Å²) < 4.78 is 28.5. The normalized spacial score (nSPS) is 12.7. The third kappa shape index (κ3) is 8.05. The SMILES string of the molecule is CC[C@@H](C)NC(=O)[C@@H](CC)N(Cc1ccc(Cl)cc1)C(=O)CN(c1ccc([N+](=O)[O-])cc1)S(=O)(=O)c1ccccc1. The van der Waals surface area contributed by atoms with Gasteiger partial charge in [-0.2, -0.15) is 0 Å². The minimum atomic E-state index is -4.27. The predicted molar refractivity (Wildman–Crippen MR) is 158 cm³/mol. The summed E-state index contributed by atoms with van der Waals surface area (Å²) in [5, 5.41) is 14.6. The van der Waals surface area contributed by atoms with E-state index in [1.54, 1.807) is 49.4 Å². The van der Waals surface area contributed by atoms with E-state index in [2.05, 4.69) is 5.32 Å². The van der Waals surface area contributed by atoms with Gasteiger partial charge in [-0.05, 0) is 61.7 Å². The van der Waals surface area contributed by atoms with Gasteiger partial charge in [0.2, 0.25) is 11.8 Å². The number of sulfonamides is 1. The number of nitro benzene ring substituents is 1. The Morgan fingerprint density at radius 3 is 2.10 bits per heavy atom. The van der Waals surface area contributed by atoms with E-state index in [0.29, 0.717) is 17.0 Å². The third-order valence-corrected chi connectivity index (χ3v) is 8.65. The van der Waals surface area contributed by atoms with Crippen LogP contribution in [0, 0.1) is 10.1 Å². The van der Waals surface area contributed by atoms with Gasteiger partial charge in [-0.15, -0.1) is 0 Å². The molecule has 218 valence electrons. The van der Waals surface area contributed by atoms with E-state index in [0.717, 1.165) is 4.31 Å². The number of halogens is 1. The van der Waals surface area contributed by atoms with Crippen molar-refractivity contribution in [2.75, 3.05) is 10.8 Å². The smallest absolute Gasteiger partial charge is 0.269 e. The highest BCUT2D eigenvalue weighted by Crippen LogP contribution is 2.27. The molecule has 0 radical (unpaired) electrons. The molecule has 10 nitrogen and oxygen atoms in total. The van der Waals surface area contributed by atoms with Crippen LogP contribution in [0.4, 0.5) is 11.4 Å². The van der Waals surface area contributed by atoms with Gasteiger partial charge in [0.1, 0.15) is 12.6 Å². The molecule has 12 heteroatoms. The Kier molecular flexibility index (Phi) is 10.8. The van der Waals surface area contributed by atoms with Gasteiger partial charge in [-0.25, -0.2) is 8.42 Å². The first kappa shape index (κ1) is 31.6. The summed E-state index contributed by atoms with van der Waals surface area (Å²) in [6.45, 7) is 4.95. The topological polar surface area (TPSA) is 130 Å². The average molecular weight is 601 g/mol. The largest absolute Gasteiger partial charge is 0.352 e. The summed E-state index contributed by atoms with van der Waals surface area (Å²) in [6, 6.07) is 18.3. The number of carbonyl (C=O) groups excluding carboxylic acids is 2. The summed E-state index contributed by atoms with van der Waals surface area (Å²) >= 11 is 6.04. The van der Waals surface area contributed by atoms with E-state index in [-0.39, 0.29) is 41.2 Å². The van der Waals surface area contributed by atoms with Gasteiger partial charge in [0.25, 0.3) is 15.7 Å². The Morgan fingerprint density at radius 2 is 1.56 bits per heavy atom. The quantitative estimate of drug-likeness (QED) is 0.213. The minimum absolute atomic E-state index is 0.0297. The van der Waals surface area contributed by atoms with Gasteiger partial charge in [0.15, 0.2) is 0 Å². The fourth-order valence-corrected chi connectivity index (χ4v) is 5.70. The van der Waals surface area contributed by atoms with Gasteiger partial charge < -0.3 is 10.2 Å². The van der Waals surface area contributed by atoms with Crippen LogP contribution in [-0.2, 0) is 26.2 Å². The minimum Gasteiger partial charge on any atom is -0.352 e. The predicted octanol–water partition coefficient (Wildman–Crippen LogP) is 5.17. The molecule has 41 heavy (non-hydrogen) atoms. The zero-order valence-corrected chi connectivity index (χ0v) is 24.6. The molecule has 1 N–H and O–H groups in total. The highest BCUT2D eigenvalue weighted by Gasteiger charge is 2.34. The summed E-state index contributed by atoms with van der Waals surface area (Å²) in [5.74, 6) is -0.971. The first-order valence-electron chi connectivity index (χ1n) is 13.1. The number of amides is 2. The molecule has 0 saturated heterocycles. The van der Waals surface area contributed by atoms with Gasteiger partial charge in [-0.1, -0.05) is 55.8 Å². The summed E-state index contributed by atoms with van der Waals surface area (Å²) in [7, 11) is -4.27. The van der Waals surface area contributed by atoms with E-state index in [9.17, 15) is 28.1 Å². The van der Waals surface area contributed by atoms with Crippen LogP contribution in [0.15, 0.2) is 83.8 Å². The zero-order valence-electron chi connectivity index (χ0n) is 23.1. The number of anilines is 1. The maximum Gasteiger partial charge on any atom is 0.269 e. The van der Waals surface area contributed by atoms with E-state index in [4.69, 9.17) is 11.6 Å².